The zero-order valence-electron chi connectivity index (χ0n) is 11.7. The summed E-state index contributed by atoms with van der Waals surface area (Å²) in [5.41, 5.74) is -0.905. The van der Waals surface area contributed by atoms with Crippen molar-refractivity contribution in [2.75, 3.05) is 6.54 Å². The van der Waals surface area contributed by atoms with Crippen molar-refractivity contribution >= 4 is 11.9 Å². The summed E-state index contributed by atoms with van der Waals surface area (Å²) in [5, 5.41) is 21.5. The number of aliphatic hydroxyl groups excluding tert-OH is 1. The molecular formula is C14H25NO4. The number of nitrogens with one attached hydrogen (secondary N) is 1. The topological polar surface area (TPSA) is 86.6 Å². The number of aliphatic carboxylic acids is 1. The van der Waals surface area contributed by atoms with Gasteiger partial charge in [-0.2, -0.15) is 0 Å². The summed E-state index contributed by atoms with van der Waals surface area (Å²) in [6, 6.07) is 0. The van der Waals surface area contributed by atoms with Crippen LogP contribution in [0.4, 0.5) is 0 Å². The third kappa shape index (κ3) is 4.82. The van der Waals surface area contributed by atoms with Gasteiger partial charge >= 0.3 is 5.97 Å². The lowest BCUT2D eigenvalue weighted by atomic mass is 9.77. The average Bonchev–Trinajstić information content (AvgIpc) is 2.62. The first kappa shape index (κ1) is 16.0. The largest absolute Gasteiger partial charge is 0.481 e. The maximum absolute atomic E-state index is 11.9. The van der Waals surface area contributed by atoms with E-state index >= 15 is 0 Å². The summed E-state index contributed by atoms with van der Waals surface area (Å²) in [4.78, 5) is 23.4. The van der Waals surface area contributed by atoms with E-state index in [0.29, 0.717) is 19.3 Å². The second kappa shape index (κ2) is 7.48. The fourth-order valence-corrected chi connectivity index (χ4v) is 2.62. The van der Waals surface area contributed by atoms with Crippen LogP contribution in [-0.2, 0) is 9.59 Å². The van der Waals surface area contributed by atoms with E-state index in [9.17, 15) is 19.8 Å². The molecule has 0 aliphatic heterocycles. The number of hydrogen-bond donors (Lipinski definition) is 3. The van der Waals surface area contributed by atoms with Gasteiger partial charge in [0.25, 0.3) is 0 Å². The molecule has 3 N–H and O–H groups in total. The van der Waals surface area contributed by atoms with E-state index in [2.05, 4.69) is 5.32 Å². The lowest BCUT2D eigenvalue weighted by molar-refractivity contribution is -0.152. The Morgan fingerprint density at radius 3 is 2.26 bits per heavy atom. The highest BCUT2D eigenvalue weighted by molar-refractivity contribution is 5.85. The summed E-state index contributed by atoms with van der Waals surface area (Å²) in [5.74, 6) is -1.13. The van der Waals surface area contributed by atoms with Gasteiger partial charge in [-0.25, -0.2) is 0 Å². The smallest absolute Gasteiger partial charge is 0.310 e. The normalized spacial score (nSPS) is 20.3. The van der Waals surface area contributed by atoms with Crippen LogP contribution in [0.3, 0.4) is 0 Å². The second-order valence-electron chi connectivity index (χ2n) is 5.54. The van der Waals surface area contributed by atoms with Crippen LogP contribution < -0.4 is 5.32 Å². The van der Waals surface area contributed by atoms with Crippen LogP contribution in [0.25, 0.3) is 0 Å². The first-order chi connectivity index (χ1) is 9.00. The third-order valence-corrected chi connectivity index (χ3v) is 4.02. The van der Waals surface area contributed by atoms with E-state index in [-0.39, 0.29) is 18.9 Å². The number of rotatable bonds is 6. The summed E-state index contributed by atoms with van der Waals surface area (Å²) in [7, 11) is 0. The molecule has 0 saturated heterocycles. The second-order valence-corrected chi connectivity index (χ2v) is 5.54. The van der Waals surface area contributed by atoms with Crippen LogP contribution in [0, 0.1) is 5.41 Å². The molecule has 1 saturated carbocycles. The van der Waals surface area contributed by atoms with Crippen molar-refractivity contribution in [3.05, 3.63) is 0 Å². The summed E-state index contributed by atoms with van der Waals surface area (Å²) in [6.07, 6.45) is 5.03. The molecule has 1 aliphatic carbocycles. The molecule has 5 nitrogen and oxygen atoms in total. The Morgan fingerprint density at radius 1 is 1.21 bits per heavy atom. The predicted molar refractivity (Wildman–Crippen MR) is 71.7 cm³/mol. The van der Waals surface area contributed by atoms with E-state index in [0.717, 1.165) is 25.7 Å². The maximum Gasteiger partial charge on any atom is 0.310 e. The number of carboxylic acid groups (broad SMARTS) is 1. The van der Waals surface area contributed by atoms with Gasteiger partial charge in [-0.1, -0.05) is 32.6 Å². The lowest BCUT2D eigenvalue weighted by Crippen LogP contribution is -2.39. The van der Waals surface area contributed by atoms with Crippen LogP contribution >= 0.6 is 0 Å². The van der Waals surface area contributed by atoms with Crippen molar-refractivity contribution in [3.63, 3.8) is 0 Å². The molecular weight excluding hydrogens is 246 g/mol. The van der Waals surface area contributed by atoms with Gasteiger partial charge < -0.3 is 15.5 Å². The van der Waals surface area contributed by atoms with Crippen molar-refractivity contribution in [2.45, 2.75) is 64.4 Å². The van der Waals surface area contributed by atoms with Crippen LogP contribution in [0.15, 0.2) is 0 Å². The molecule has 1 amide bonds. The predicted octanol–water partition coefficient (Wildman–Crippen LogP) is 1.69. The van der Waals surface area contributed by atoms with E-state index in [1.807, 2.05) is 6.92 Å². The number of carbonyl (C=O) groups excluding carboxylic acids is 1. The molecule has 0 aromatic rings. The van der Waals surface area contributed by atoms with Crippen LogP contribution in [0.1, 0.15) is 58.3 Å². The molecule has 5 heteroatoms. The quantitative estimate of drug-likeness (QED) is 0.642. The summed E-state index contributed by atoms with van der Waals surface area (Å²) >= 11 is 0. The Hall–Kier alpha value is -1.10. The molecule has 1 atom stereocenters. The zero-order valence-corrected chi connectivity index (χ0v) is 11.7. The Morgan fingerprint density at radius 2 is 1.79 bits per heavy atom. The van der Waals surface area contributed by atoms with E-state index in [1.54, 1.807) is 0 Å². The summed E-state index contributed by atoms with van der Waals surface area (Å²) in [6.45, 7) is 2.03. The van der Waals surface area contributed by atoms with Crippen molar-refractivity contribution in [1.29, 1.82) is 0 Å². The van der Waals surface area contributed by atoms with Gasteiger partial charge in [0.1, 0.15) is 0 Å². The van der Waals surface area contributed by atoms with E-state index < -0.39 is 17.5 Å². The van der Waals surface area contributed by atoms with Crippen LogP contribution in [-0.4, -0.2) is 34.7 Å². The molecule has 0 aromatic carbocycles. The molecule has 1 aliphatic rings. The molecule has 1 rings (SSSR count). The number of carboxylic acids is 1. The van der Waals surface area contributed by atoms with Crippen molar-refractivity contribution in [2.24, 2.45) is 5.41 Å². The number of hydrogen-bond acceptors (Lipinski definition) is 3. The molecule has 0 radical (unpaired) electrons. The minimum Gasteiger partial charge on any atom is -0.481 e. The Balaban J connectivity index is 2.57. The first-order valence-corrected chi connectivity index (χ1v) is 7.18. The van der Waals surface area contributed by atoms with Crippen molar-refractivity contribution in [3.8, 4) is 0 Å². The highest BCUT2D eigenvalue weighted by Crippen LogP contribution is 2.38. The molecule has 1 fully saturated rings. The Kier molecular flexibility index (Phi) is 6.28. The highest BCUT2D eigenvalue weighted by Gasteiger charge is 2.40. The van der Waals surface area contributed by atoms with Crippen LogP contribution in [0.2, 0.25) is 0 Å². The van der Waals surface area contributed by atoms with Gasteiger partial charge in [0.2, 0.25) is 5.91 Å². The monoisotopic (exact) mass is 271 g/mol. The van der Waals surface area contributed by atoms with Crippen molar-refractivity contribution < 1.29 is 19.8 Å². The fraction of sp³-hybridized carbons (Fsp3) is 0.857. The molecule has 0 bridgehead atoms. The minimum absolute atomic E-state index is 0.0266. The zero-order chi connectivity index (χ0) is 14.3. The molecule has 0 heterocycles. The minimum atomic E-state index is -0.905. The van der Waals surface area contributed by atoms with E-state index in [1.165, 1.54) is 0 Å². The van der Waals surface area contributed by atoms with Gasteiger partial charge in [-0.05, 0) is 19.3 Å². The SMILES string of the molecule is CCC(O)CNC(=O)CC1(C(=O)O)CCCCCC1. The molecule has 1 unspecified atom stereocenters. The summed E-state index contributed by atoms with van der Waals surface area (Å²) < 4.78 is 0. The van der Waals surface area contributed by atoms with Gasteiger partial charge in [0, 0.05) is 13.0 Å². The standard InChI is InChI=1S/C14H25NO4/c1-2-11(16)10-15-12(17)9-14(13(18)19)7-5-3-4-6-8-14/h11,16H,2-10H2,1H3,(H,15,17)(H,18,19). The molecule has 19 heavy (non-hydrogen) atoms. The van der Waals surface area contributed by atoms with Gasteiger partial charge in [-0.3, -0.25) is 9.59 Å². The number of aliphatic hydroxyl groups is 1. The molecule has 0 spiro atoms. The van der Waals surface area contributed by atoms with Gasteiger partial charge in [-0.15, -0.1) is 0 Å². The van der Waals surface area contributed by atoms with Gasteiger partial charge in [0.05, 0.1) is 11.5 Å². The molecule has 0 aromatic heterocycles. The lowest BCUT2D eigenvalue weighted by Gasteiger charge is -2.27. The number of carbonyl (C=O) groups is 2. The fourth-order valence-electron chi connectivity index (χ4n) is 2.62. The average molecular weight is 271 g/mol. The maximum atomic E-state index is 11.9. The first-order valence-electron chi connectivity index (χ1n) is 7.18. The van der Waals surface area contributed by atoms with Gasteiger partial charge in [0.15, 0.2) is 0 Å². The molecule has 110 valence electrons. The van der Waals surface area contributed by atoms with Crippen LogP contribution in [0.5, 0.6) is 0 Å². The Labute approximate surface area is 114 Å². The van der Waals surface area contributed by atoms with Crippen molar-refractivity contribution in [1.82, 2.24) is 5.32 Å². The van der Waals surface area contributed by atoms with E-state index in [4.69, 9.17) is 0 Å². The Bertz CT molecular complexity index is 309. The highest BCUT2D eigenvalue weighted by atomic mass is 16.4. The third-order valence-electron chi connectivity index (χ3n) is 4.02. The number of amides is 1.